The third-order valence-electron chi connectivity index (χ3n) is 3.70. The first-order valence-electron chi connectivity index (χ1n) is 6.79. The van der Waals surface area contributed by atoms with Gasteiger partial charge in [0.2, 0.25) is 0 Å². The van der Waals surface area contributed by atoms with E-state index in [1.165, 1.54) is 19.3 Å². The van der Waals surface area contributed by atoms with Crippen molar-refractivity contribution in [3.8, 4) is 5.75 Å². The Bertz CT molecular complexity index is 411. The van der Waals surface area contributed by atoms with E-state index in [4.69, 9.17) is 10.5 Å². The van der Waals surface area contributed by atoms with Gasteiger partial charge in [-0.15, -0.1) is 0 Å². The van der Waals surface area contributed by atoms with E-state index >= 15 is 0 Å². The number of nitrogen functional groups attached to an aromatic ring is 1. The number of nitrogens with one attached hydrogen (secondary N) is 1. The fraction of sp³-hybridized carbons (Fsp3) is 0.600. The lowest BCUT2D eigenvalue weighted by Gasteiger charge is -2.38. The highest BCUT2D eigenvalue weighted by Gasteiger charge is 2.31. The molecule has 0 bridgehead atoms. The normalized spacial score (nSPS) is 17.3. The summed E-state index contributed by atoms with van der Waals surface area (Å²) in [5, 5.41) is 3.46. The third kappa shape index (κ3) is 2.89. The Kier molecular flexibility index (Phi) is 3.69. The first-order valence-corrected chi connectivity index (χ1v) is 6.79. The standard InChI is InChI=1S/C15H24N2O/c1-11(2)18-13-7-4-6-12(14(13)16)17-10-15(3)8-5-9-15/h4,6-7,11,17H,5,8-10,16H2,1-3H3. The summed E-state index contributed by atoms with van der Waals surface area (Å²) in [7, 11) is 0. The van der Waals surface area contributed by atoms with Gasteiger partial charge in [-0.1, -0.05) is 19.4 Å². The maximum Gasteiger partial charge on any atom is 0.144 e. The molecule has 1 aromatic carbocycles. The van der Waals surface area contributed by atoms with Crippen molar-refractivity contribution in [1.29, 1.82) is 0 Å². The zero-order chi connectivity index (χ0) is 13.2. The molecule has 0 spiro atoms. The zero-order valence-electron chi connectivity index (χ0n) is 11.6. The summed E-state index contributed by atoms with van der Waals surface area (Å²) < 4.78 is 5.69. The van der Waals surface area contributed by atoms with E-state index in [2.05, 4.69) is 12.2 Å². The fourth-order valence-electron chi connectivity index (χ4n) is 2.32. The van der Waals surface area contributed by atoms with Gasteiger partial charge in [0.1, 0.15) is 5.75 Å². The van der Waals surface area contributed by atoms with Gasteiger partial charge in [-0.05, 0) is 44.2 Å². The van der Waals surface area contributed by atoms with Gasteiger partial charge in [0.15, 0.2) is 0 Å². The van der Waals surface area contributed by atoms with Gasteiger partial charge in [-0.3, -0.25) is 0 Å². The quantitative estimate of drug-likeness (QED) is 0.782. The maximum atomic E-state index is 6.13. The van der Waals surface area contributed by atoms with E-state index in [0.717, 1.165) is 18.0 Å². The second-order valence-corrected chi connectivity index (χ2v) is 5.90. The summed E-state index contributed by atoms with van der Waals surface area (Å²) in [4.78, 5) is 0. The minimum absolute atomic E-state index is 0.145. The lowest BCUT2D eigenvalue weighted by molar-refractivity contribution is 0.180. The van der Waals surface area contributed by atoms with Crippen molar-refractivity contribution >= 4 is 11.4 Å². The van der Waals surface area contributed by atoms with Crippen LogP contribution in [-0.2, 0) is 0 Å². The summed E-state index contributed by atoms with van der Waals surface area (Å²) in [6, 6.07) is 5.93. The molecule has 18 heavy (non-hydrogen) atoms. The molecule has 1 saturated carbocycles. The van der Waals surface area contributed by atoms with E-state index in [9.17, 15) is 0 Å². The second-order valence-electron chi connectivity index (χ2n) is 5.90. The van der Waals surface area contributed by atoms with Gasteiger partial charge in [0, 0.05) is 6.54 Å². The van der Waals surface area contributed by atoms with E-state index in [1.54, 1.807) is 0 Å². The fourth-order valence-corrected chi connectivity index (χ4v) is 2.32. The van der Waals surface area contributed by atoms with E-state index in [1.807, 2.05) is 32.0 Å². The average Bonchev–Trinajstić information content (AvgIpc) is 2.27. The minimum atomic E-state index is 0.145. The van der Waals surface area contributed by atoms with Crippen molar-refractivity contribution < 1.29 is 4.74 Å². The molecule has 1 aliphatic rings. The molecule has 0 amide bonds. The molecule has 0 aromatic heterocycles. The molecule has 3 heteroatoms. The smallest absolute Gasteiger partial charge is 0.144 e. The number of nitrogens with two attached hydrogens (primary N) is 1. The number of para-hydroxylation sites is 1. The Morgan fingerprint density at radius 2 is 2.11 bits per heavy atom. The van der Waals surface area contributed by atoms with Crippen LogP contribution in [0, 0.1) is 5.41 Å². The Labute approximate surface area is 110 Å². The van der Waals surface area contributed by atoms with Crippen LogP contribution >= 0.6 is 0 Å². The molecule has 1 aliphatic carbocycles. The van der Waals surface area contributed by atoms with E-state index in [-0.39, 0.29) is 6.10 Å². The largest absolute Gasteiger partial charge is 0.489 e. The topological polar surface area (TPSA) is 47.3 Å². The summed E-state index contributed by atoms with van der Waals surface area (Å²) in [6.45, 7) is 7.33. The molecule has 0 radical (unpaired) electrons. The number of benzene rings is 1. The van der Waals surface area contributed by atoms with Gasteiger partial charge < -0.3 is 15.8 Å². The van der Waals surface area contributed by atoms with Crippen molar-refractivity contribution in [2.24, 2.45) is 5.41 Å². The predicted octanol–water partition coefficient (Wildman–Crippen LogP) is 3.66. The molecule has 3 nitrogen and oxygen atoms in total. The lowest BCUT2D eigenvalue weighted by Crippen LogP contribution is -2.33. The van der Waals surface area contributed by atoms with Crippen LogP contribution in [0.2, 0.25) is 0 Å². The maximum absolute atomic E-state index is 6.13. The Hall–Kier alpha value is -1.38. The van der Waals surface area contributed by atoms with Gasteiger partial charge >= 0.3 is 0 Å². The van der Waals surface area contributed by atoms with Gasteiger partial charge in [-0.25, -0.2) is 0 Å². The highest BCUT2D eigenvalue weighted by atomic mass is 16.5. The molecule has 2 rings (SSSR count). The summed E-state index contributed by atoms with van der Waals surface area (Å²) >= 11 is 0. The van der Waals surface area contributed by atoms with Gasteiger partial charge in [0.25, 0.3) is 0 Å². The third-order valence-corrected chi connectivity index (χ3v) is 3.70. The molecule has 100 valence electrons. The molecule has 0 saturated heterocycles. The van der Waals surface area contributed by atoms with Crippen molar-refractivity contribution in [3.63, 3.8) is 0 Å². The number of ether oxygens (including phenoxy) is 1. The average molecular weight is 248 g/mol. The molecule has 1 fully saturated rings. The predicted molar refractivity (Wildman–Crippen MR) is 77.1 cm³/mol. The van der Waals surface area contributed by atoms with Gasteiger partial charge in [-0.2, -0.15) is 0 Å². The van der Waals surface area contributed by atoms with Crippen LogP contribution in [0.4, 0.5) is 11.4 Å². The van der Waals surface area contributed by atoms with Crippen molar-refractivity contribution in [2.45, 2.75) is 46.1 Å². The van der Waals surface area contributed by atoms with E-state index in [0.29, 0.717) is 11.1 Å². The minimum Gasteiger partial charge on any atom is -0.489 e. The SMILES string of the molecule is CC(C)Oc1cccc(NCC2(C)CCC2)c1N. The van der Waals surface area contributed by atoms with E-state index < -0.39 is 0 Å². The summed E-state index contributed by atoms with van der Waals surface area (Å²) in [5.74, 6) is 0.772. The van der Waals surface area contributed by atoms with Crippen LogP contribution in [0.15, 0.2) is 18.2 Å². The summed E-state index contributed by atoms with van der Waals surface area (Å²) in [6.07, 6.45) is 4.11. The first kappa shape index (κ1) is 13.1. The molecule has 0 heterocycles. The highest BCUT2D eigenvalue weighted by Crippen LogP contribution is 2.41. The monoisotopic (exact) mass is 248 g/mol. The molecule has 0 aliphatic heterocycles. The van der Waals surface area contributed by atoms with Crippen LogP contribution in [-0.4, -0.2) is 12.6 Å². The van der Waals surface area contributed by atoms with Crippen LogP contribution in [0.25, 0.3) is 0 Å². The molecule has 1 aromatic rings. The molecular weight excluding hydrogens is 224 g/mol. The van der Waals surface area contributed by atoms with Crippen molar-refractivity contribution in [2.75, 3.05) is 17.6 Å². The number of anilines is 2. The zero-order valence-corrected chi connectivity index (χ0v) is 11.6. The molecule has 0 unspecified atom stereocenters. The van der Waals surface area contributed by atoms with Crippen LogP contribution in [0.3, 0.4) is 0 Å². The van der Waals surface area contributed by atoms with Gasteiger partial charge in [0.05, 0.1) is 17.5 Å². The lowest BCUT2D eigenvalue weighted by atomic mass is 9.70. The molecule has 3 N–H and O–H groups in total. The summed E-state index contributed by atoms with van der Waals surface area (Å²) in [5.41, 5.74) is 8.28. The Morgan fingerprint density at radius 1 is 1.39 bits per heavy atom. The van der Waals surface area contributed by atoms with Crippen LogP contribution in [0.1, 0.15) is 40.0 Å². The van der Waals surface area contributed by atoms with Crippen molar-refractivity contribution in [3.05, 3.63) is 18.2 Å². The Morgan fingerprint density at radius 3 is 2.67 bits per heavy atom. The number of rotatable bonds is 5. The van der Waals surface area contributed by atoms with Crippen LogP contribution < -0.4 is 15.8 Å². The van der Waals surface area contributed by atoms with Crippen LogP contribution in [0.5, 0.6) is 5.75 Å². The highest BCUT2D eigenvalue weighted by molar-refractivity contribution is 5.73. The number of hydrogen-bond acceptors (Lipinski definition) is 3. The van der Waals surface area contributed by atoms with Crippen molar-refractivity contribution in [1.82, 2.24) is 0 Å². The molecular formula is C15H24N2O. The Balaban J connectivity index is 2.03. The second kappa shape index (κ2) is 5.09. The number of hydrogen-bond donors (Lipinski definition) is 2. The first-order chi connectivity index (χ1) is 8.50. The molecule has 0 atom stereocenters.